The number of aromatic nitrogens is 2. The molecule has 7 nitrogen and oxygen atoms in total. The summed E-state index contributed by atoms with van der Waals surface area (Å²) in [6, 6.07) is 15.3. The van der Waals surface area contributed by atoms with E-state index in [-0.39, 0.29) is 24.5 Å². The Morgan fingerprint density at radius 2 is 1.70 bits per heavy atom. The number of benzene rings is 2. The summed E-state index contributed by atoms with van der Waals surface area (Å²) in [6.07, 6.45) is 1.07. The van der Waals surface area contributed by atoms with Gasteiger partial charge in [-0.1, -0.05) is 38.1 Å². The minimum absolute atomic E-state index is 0.0925. The minimum Gasteiger partial charge on any atom is -0.457 e. The topological polar surface area (TPSA) is 86.5 Å². The number of nitrogens with zero attached hydrogens (tertiary/aromatic N) is 2. The van der Waals surface area contributed by atoms with Crippen LogP contribution in [0.25, 0.3) is 0 Å². The molecule has 1 heterocycles. The highest BCUT2D eigenvalue weighted by molar-refractivity contribution is 5.91. The van der Waals surface area contributed by atoms with Gasteiger partial charge in [-0.05, 0) is 60.7 Å². The van der Waals surface area contributed by atoms with Crippen LogP contribution in [0.4, 0.5) is 5.69 Å². The maximum atomic E-state index is 12.0. The van der Waals surface area contributed by atoms with Crippen molar-refractivity contribution in [1.29, 1.82) is 0 Å². The van der Waals surface area contributed by atoms with Gasteiger partial charge in [-0.25, -0.2) is 0 Å². The molecular formula is C23H27N3O4. The molecule has 0 aliphatic rings. The van der Waals surface area contributed by atoms with Crippen LogP contribution in [-0.4, -0.2) is 22.7 Å². The van der Waals surface area contributed by atoms with Crippen molar-refractivity contribution in [2.75, 3.05) is 11.9 Å². The summed E-state index contributed by atoms with van der Waals surface area (Å²) in [5.41, 5.74) is 2.09. The highest BCUT2D eigenvalue weighted by Crippen LogP contribution is 2.29. The molecule has 1 N–H and O–H groups in total. The number of hydrogen-bond donors (Lipinski definition) is 1. The van der Waals surface area contributed by atoms with Crippen molar-refractivity contribution in [1.82, 2.24) is 10.1 Å². The Kier molecular flexibility index (Phi) is 6.84. The van der Waals surface area contributed by atoms with Gasteiger partial charge in [0.1, 0.15) is 24.7 Å². The lowest BCUT2D eigenvalue weighted by atomic mass is 9.82. The number of anilines is 1. The molecule has 0 radical (unpaired) electrons. The largest absolute Gasteiger partial charge is 0.457 e. The molecule has 0 saturated heterocycles. The van der Waals surface area contributed by atoms with Gasteiger partial charge >= 0.3 is 0 Å². The lowest BCUT2D eigenvalue weighted by Gasteiger charge is -2.23. The summed E-state index contributed by atoms with van der Waals surface area (Å²) >= 11 is 0. The van der Waals surface area contributed by atoms with Crippen LogP contribution in [0.2, 0.25) is 0 Å². The molecule has 2 aromatic carbocycles. The minimum atomic E-state index is -0.269. The number of ether oxygens (including phenoxy) is 2. The number of hydrogen-bond acceptors (Lipinski definition) is 6. The van der Waals surface area contributed by atoms with Crippen LogP contribution in [0.5, 0.6) is 11.5 Å². The number of carbonyl (C=O) groups excluding carboxylic acids is 1. The van der Waals surface area contributed by atoms with Crippen LogP contribution in [-0.2, 0) is 21.6 Å². The molecule has 0 aliphatic carbocycles. The molecule has 0 fully saturated rings. The van der Waals surface area contributed by atoms with Crippen LogP contribution in [0.1, 0.15) is 44.5 Å². The Labute approximate surface area is 176 Å². The fourth-order valence-electron chi connectivity index (χ4n) is 2.75. The van der Waals surface area contributed by atoms with Gasteiger partial charge < -0.3 is 19.3 Å². The summed E-state index contributed by atoms with van der Waals surface area (Å²) in [5.74, 6) is 2.06. The van der Waals surface area contributed by atoms with E-state index in [4.69, 9.17) is 14.0 Å². The van der Waals surface area contributed by atoms with Crippen molar-refractivity contribution in [2.45, 2.75) is 46.1 Å². The Morgan fingerprint density at radius 3 is 2.27 bits per heavy atom. The molecule has 0 unspecified atom stereocenters. The maximum absolute atomic E-state index is 12.0. The summed E-state index contributed by atoms with van der Waals surface area (Å²) in [7, 11) is 0. The van der Waals surface area contributed by atoms with Gasteiger partial charge in [-0.3, -0.25) is 4.79 Å². The molecule has 1 aromatic heterocycles. The van der Waals surface area contributed by atoms with Gasteiger partial charge in [0.25, 0.3) is 5.89 Å². The van der Waals surface area contributed by atoms with Crippen molar-refractivity contribution >= 4 is 11.6 Å². The van der Waals surface area contributed by atoms with Crippen LogP contribution in [0.15, 0.2) is 53.1 Å². The fraction of sp³-hybridized carbons (Fsp3) is 0.348. The molecule has 7 heteroatoms. The van der Waals surface area contributed by atoms with E-state index in [0.717, 1.165) is 12.2 Å². The summed E-state index contributed by atoms with van der Waals surface area (Å²) in [6.45, 7) is 8.34. The number of nitrogens with one attached hydrogen (secondary N) is 1. The number of amides is 1. The van der Waals surface area contributed by atoms with Crippen molar-refractivity contribution < 1.29 is 18.8 Å². The summed E-state index contributed by atoms with van der Waals surface area (Å²) < 4.78 is 16.1. The van der Waals surface area contributed by atoms with E-state index in [1.54, 1.807) is 19.1 Å². The third-order valence-corrected chi connectivity index (χ3v) is 4.92. The highest BCUT2D eigenvalue weighted by atomic mass is 16.5. The monoisotopic (exact) mass is 409 g/mol. The normalized spacial score (nSPS) is 11.3. The zero-order valence-electron chi connectivity index (χ0n) is 17.8. The SMILES string of the molecule is CCC(C)(C)c1ccc(Oc2ccc(NC(=O)COCc3nc(C)no3)cc2)cc1. The second-order valence-electron chi connectivity index (χ2n) is 7.66. The molecule has 0 bridgehead atoms. The molecule has 0 aliphatic heterocycles. The van der Waals surface area contributed by atoms with Crippen molar-refractivity contribution in [3.63, 3.8) is 0 Å². The second kappa shape index (κ2) is 9.54. The average molecular weight is 409 g/mol. The van der Waals surface area contributed by atoms with Gasteiger partial charge in [0.2, 0.25) is 5.91 Å². The molecule has 0 spiro atoms. The van der Waals surface area contributed by atoms with E-state index in [0.29, 0.717) is 23.2 Å². The predicted octanol–water partition coefficient (Wildman–Crippen LogP) is 5.01. The lowest BCUT2D eigenvalue weighted by Crippen LogP contribution is -2.18. The molecule has 0 atom stereocenters. The lowest BCUT2D eigenvalue weighted by molar-refractivity contribution is -0.121. The van der Waals surface area contributed by atoms with Crippen LogP contribution < -0.4 is 10.1 Å². The van der Waals surface area contributed by atoms with Gasteiger partial charge in [0, 0.05) is 5.69 Å². The third kappa shape index (κ3) is 5.90. The predicted molar refractivity (Wildman–Crippen MR) is 114 cm³/mol. The molecule has 1 amide bonds. The molecular weight excluding hydrogens is 382 g/mol. The first kappa shape index (κ1) is 21.5. The maximum Gasteiger partial charge on any atom is 0.252 e. The van der Waals surface area contributed by atoms with Crippen LogP contribution in [0, 0.1) is 6.92 Å². The molecule has 0 saturated carbocycles. The number of rotatable bonds is 9. The Morgan fingerprint density at radius 1 is 1.07 bits per heavy atom. The zero-order valence-corrected chi connectivity index (χ0v) is 17.8. The molecule has 3 rings (SSSR count). The highest BCUT2D eigenvalue weighted by Gasteiger charge is 2.17. The first-order valence-corrected chi connectivity index (χ1v) is 9.91. The van der Waals surface area contributed by atoms with Crippen molar-refractivity contribution in [3.8, 4) is 11.5 Å². The van der Waals surface area contributed by atoms with Crippen LogP contribution in [0.3, 0.4) is 0 Å². The smallest absolute Gasteiger partial charge is 0.252 e. The van der Waals surface area contributed by atoms with Gasteiger partial charge in [-0.15, -0.1) is 0 Å². The Hall–Kier alpha value is -3.19. The van der Waals surface area contributed by atoms with Gasteiger partial charge in [0.15, 0.2) is 5.82 Å². The third-order valence-electron chi connectivity index (χ3n) is 4.92. The van der Waals surface area contributed by atoms with E-state index in [1.807, 2.05) is 24.3 Å². The van der Waals surface area contributed by atoms with Crippen molar-refractivity contribution in [3.05, 3.63) is 65.8 Å². The zero-order chi connectivity index (χ0) is 21.6. The fourth-order valence-corrected chi connectivity index (χ4v) is 2.75. The van der Waals surface area contributed by atoms with E-state index in [1.165, 1.54) is 5.56 Å². The van der Waals surface area contributed by atoms with E-state index < -0.39 is 0 Å². The van der Waals surface area contributed by atoms with Crippen LogP contribution >= 0.6 is 0 Å². The Balaban J connectivity index is 1.48. The number of aryl methyl sites for hydroxylation is 1. The summed E-state index contributed by atoms with van der Waals surface area (Å²) in [4.78, 5) is 16.0. The van der Waals surface area contributed by atoms with Gasteiger partial charge in [0.05, 0.1) is 0 Å². The molecule has 3 aromatic rings. The second-order valence-corrected chi connectivity index (χ2v) is 7.66. The quantitative estimate of drug-likeness (QED) is 0.534. The first-order valence-electron chi connectivity index (χ1n) is 9.91. The van der Waals surface area contributed by atoms with E-state index in [9.17, 15) is 4.79 Å². The first-order chi connectivity index (χ1) is 14.4. The average Bonchev–Trinajstić information content (AvgIpc) is 3.15. The molecule has 30 heavy (non-hydrogen) atoms. The standard InChI is InChI=1S/C23H27N3O4/c1-5-23(3,4)17-6-10-19(11-7-17)29-20-12-8-18(9-13-20)25-21(27)14-28-15-22-24-16(2)26-30-22/h6-13H,5,14-15H2,1-4H3,(H,25,27). The molecule has 158 valence electrons. The Bertz CT molecular complexity index is 963. The van der Waals surface area contributed by atoms with E-state index in [2.05, 4.69) is 48.4 Å². The summed E-state index contributed by atoms with van der Waals surface area (Å²) in [5, 5.41) is 6.43. The van der Waals surface area contributed by atoms with Crippen molar-refractivity contribution in [2.24, 2.45) is 0 Å². The number of carbonyl (C=O) groups is 1. The van der Waals surface area contributed by atoms with Gasteiger partial charge in [-0.2, -0.15) is 4.98 Å². The van der Waals surface area contributed by atoms with E-state index >= 15 is 0 Å².